The number of carbonyl (C=O) groups is 5. The van der Waals surface area contributed by atoms with Crippen LogP contribution in [0.15, 0.2) is 46.8 Å². The minimum atomic E-state index is -1.28. The first-order chi connectivity index (χ1) is 30.1. The van der Waals surface area contributed by atoms with Crippen LogP contribution in [0.4, 0.5) is 0 Å². The Labute approximate surface area is 382 Å². The van der Waals surface area contributed by atoms with Gasteiger partial charge in [-0.15, -0.1) is 0 Å². The molecular formula is C50H83N3O11. The Morgan fingerprint density at radius 2 is 1.52 bits per heavy atom. The van der Waals surface area contributed by atoms with Crippen molar-refractivity contribution in [2.45, 2.75) is 206 Å². The number of aliphatic hydroxyl groups excluding tert-OH is 5. The molecule has 2 aliphatic carbocycles. The number of ketones is 1. The van der Waals surface area contributed by atoms with Gasteiger partial charge in [0.15, 0.2) is 0 Å². The number of fused-ring (bicyclic) bond motifs is 4. The molecule has 3 rings (SSSR count). The Morgan fingerprint density at radius 1 is 0.906 bits per heavy atom. The first kappa shape index (κ1) is 56.3. The smallest absolute Gasteiger partial charge is 0.326 e. The number of aliphatic hydroxyl groups is 5. The largest absolute Gasteiger partial charge is 0.508 e. The number of rotatable bonds is 26. The van der Waals surface area contributed by atoms with Crippen LogP contribution in [0.1, 0.15) is 169 Å². The van der Waals surface area contributed by atoms with Crippen molar-refractivity contribution in [1.82, 2.24) is 15.5 Å². The van der Waals surface area contributed by atoms with Crippen LogP contribution in [-0.4, -0.2) is 115 Å². The predicted molar refractivity (Wildman–Crippen MR) is 249 cm³/mol. The van der Waals surface area contributed by atoms with Crippen molar-refractivity contribution in [2.24, 2.45) is 17.8 Å². The molecule has 64 heavy (non-hydrogen) atoms. The van der Waals surface area contributed by atoms with E-state index in [4.69, 9.17) is 0 Å². The maximum Gasteiger partial charge on any atom is 0.326 e. The molecule has 364 valence electrons. The zero-order valence-electron chi connectivity index (χ0n) is 38.4. The van der Waals surface area contributed by atoms with Gasteiger partial charge in [0.25, 0.3) is 0 Å². The molecule has 0 spiro atoms. The lowest BCUT2D eigenvalue weighted by Gasteiger charge is -2.35. The van der Waals surface area contributed by atoms with Crippen molar-refractivity contribution in [2.75, 3.05) is 13.7 Å². The fraction of sp³-hybridized carbons (Fsp3) is 0.740. The van der Waals surface area contributed by atoms with Gasteiger partial charge in [0, 0.05) is 56.1 Å². The number of carbonyl (C=O) groups excluding carboxylic acids is 4. The molecule has 0 saturated carbocycles. The molecule has 1 aliphatic heterocycles. The van der Waals surface area contributed by atoms with Crippen LogP contribution in [-0.2, 0) is 24.0 Å². The van der Waals surface area contributed by atoms with Gasteiger partial charge in [0.05, 0.1) is 37.0 Å². The summed E-state index contributed by atoms with van der Waals surface area (Å²) in [7, 11) is 1.58. The lowest BCUT2D eigenvalue weighted by molar-refractivity contribution is -0.142. The second kappa shape index (κ2) is 29.6. The molecule has 8 N–H and O–H groups in total. The molecule has 0 aromatic heterocycles. The van der Waals surface area contributed by atoms with Gasteiger partial charge < -0.3 is 46.2 Å². The molecule has 9 atom stereocenters. The Morgan fingerprint density at radius 3 is 2.11 bits per heavy atom. The zero-order valence-corrected chi connectivity index (χ0v) is 38.4. The van der Waals surface area contributed by atoms with E-state index in [1.165, 1.54) is 68.8 Å². The van der Waals surface area contributed by atoms with Gasteiger partial charge in [-0.2, -0.15) is 0 Å². The maximum atomic E-state index is 13.4. The van der Waals surface area contributed by atoms with Crippen molar-refractivity contribution < 1.29 is 54.6 Å². The molecule has 0 fully saturated rings. The third kappa shape index (κ3) is 18.6. The molecule has 14 nitrogen and oxygen atoms in total. The topological polar surface area (TPSA) is 234 Å². The molecule has 3 amide bonds. The Kier molecular flexibility index (Phi) is 26.1. The molecule has 0 aromatic rings. The fourth-order valence-electron chi connectivity index (χ4n) is 8.94. The van der Waals surface area contributed by atoms with Crippen LogP contribution in [0.3, 0.4) is 0 Å². The molecule has 3 aliphatic rings. The number of unbranched alkanes of at least 4 members (excludes halogenated alkanes) is 12. The first-order valence-corrected chi connectivity index (χ1v) is 23.8. The van der Waals surface area contributed by atoms with Crippen molar-refractivity contribution in [3.8, 4) is 0 Å². The highest BCUT2D eigenvalue weighted by Crippen LogP contribution is 2.37. The number of hydrogen-bond acceptors (Lipinski definition) is 10. The number of nitrogens with one attached hydrogen (secondary N) is 2. The first-order valence-electron chi connectivity index (χ1n) is 23.8. The lowest BCUT2D eigenvalue weighted by Crippen LogP contribution is -2.50. The van der Waals surface area contributed by atoms with Gasteiger partial charge in [0.1, 0.15) is 17.6 Å². The summed E-state index contributed by atoms with van der Waals surface area (Å²) in [6, 6.07) is -3.05. The van der Waals surface area contributed by atoms with Crippen LogP contribution in [0, 0.1) is 17.8 Å². The van der Waals surface area contributed by atoms with E-state index in [-0.39, 0.29) is 76.2 Å². The second-order valence-corrected chi connectivity index (χ2v) is 18.4. The van der Waals surface area contributed by atoms with Gasteiger partial charge in [-0.05, 0) is 55.7 Å². The third-order valence-electron chi connectivity index (χ3n) is 13.3. The van der Waals surface area contributed by atoms with Crippen LogP contribution in [0.5, 0.6) is 0 Å². The van der Waals surface area contributed by atoms with E-state index in [2.05, 4.69) is 17.6 Å². The molecule has 0 radical (unpaired) electrons. The number of Topliss-reactive ketones (excluding diaryl/α,β-unsaturated/α-hetero) is 1. The van der Waals surface area contributed by atoms with Gasteiger partial charge in [-0.25, -0.2) is 4.79 Å². The number of hydrogen-bond donors (Lipinski definition) is 8. The number of amides is 3. The normalized spacial score (nSPS) is 23.9. The zero-order chi connectivity index (χ0) is 46.5. The molecule has 14 heteroatoms. The predicted octanol–water partition coefficient (Wildman–Crippen LogP) is 6.90. The Bertz CT molecular complexity index is 1620. The standard InChI is InChI=1S/C49H79N3O11.CH4/c1-5-6-7-8-9-10-11-12-13-14-15-16-17-18-46(60)52(4)39(31-53)43(57)22-19-32(2)40(54)25-26-45(59)51-47-35-21-24-42(56)37(30-35)36-28-34(20-23-41(36)55)29-38(49(62)63)50-48(61)33(3)27-44(47)58;/h20-21,24,28,32-33,35,38-39,41,43-44,47,53,55-58H,5-19,22-23,25-27,29-31H2,1-4H3,(H,50,61)(H,51,59)(H,62,63);1H4/t32?,33-,35+,38+,39-,41?,43?,44?,47+;/m1./s1. The summed E-state index contributed by atoms with van der Waals surface area (Å²) < 4.78 is 0. The van der Waals surface area contributed by atoms with Crippen molar-refractivity contribution in [1.29, 1.82) is 0 Å². The second-order valence-electron chi connectivity index (χ2n) is 18.4. The summed E-state index contributed by atoms with van der Waals surface area (Å²) in [6.45, 7) is 5.07. The van der Waals surface area contributed by atoms with Gasteiger partial charge in [-0.3, -0.25) is 19.2 Å². The van der Waals surface area contributed by atoms with Crippen LogP contribution in [0.25, 0.3) is 0 Å². The van der Waals surface area contributed by atoms with Crippen LogP contribution in [0.2, 0.25) is 0 Å². The minimum absolute atomic E-state index is 0. The van der Waals surface area contributed by atoms with E-state index in [0.717, 1.165) is 25.7 Å². The summed E-state index contributed by atoms with van der Waals surface area (Å²) in [5.74, 6) is -4.75. The van der Waals surface area contributed by atoms with Crippen molar-refractivity contribution in [3.05, 3.63) is 46.8 Å². The van der Waals surface area contributed by atoms with E-state index in [9.17, 15) is 54.6 Å². The Balaban J connectivity index is 0.0000141. The number of likely N-dealkylation sites (N-methyl/N-ethyl adjacent to an activating group) is 1. The SMILES string of the molecule is C.CCCCCCCCCCCCCCCC(=O)N(C)[C@H](CO)C(O)CCC(C)C(=O)CCC(=O)N[C@@H]1C(O)C[C@@H](C)C(=O)N[C@H](C(=O)O)CC2=CCC(O)C(=C2)C2=C(O)C=C[C@H]1C2. The van der Waals surface area contributed by atoms with E-state index in [1.807, 2.05) is 0 Å². The molecule has 0 saturated heterocycles. The van der Waals surface area contributed by atoms with Crippen molar-refractivity contribution in [3.63, 3.8) is 0 Å². The molecule has 0 aromatic carbocycles. The number of nitrogens with zero attached hydrogens (tertiary/aromatic N) is 1. The number of carboxylic acid groups (broad SMARTS) is 1. The molecular weight excluding hydrogens is 819 g/mol. The highest BCUT2D eigenvalue weighted by atomic mass is 16.4. The van der Waals surface area contributed by atoms with E-state index < -0.39 is 78.6 Å². The van der Waals surface area contributed by atoms with Gasteiger partial charge in [-0.1, -0.05) is 123 Å². The molecule has 4 unspecified atom stereocenters. The summed E-state index contributed by atoms with van der Waals surface area (Å²) in [5.41, 5.74) is 1.36. The number of carboxylic acids is 1. The summed E-state index contributed by atoms with van der Waals surface area (Å²) >= 11 is 0. The minimum Gasteiger partial charge on any atom is -0.508 e. The third-order valence-corrected chi connectivity index (χ3v) is 13.3. The average Bonchev–Trinajstić information content (AvgIpc) is 3.25. The Hall–Kier alpha value is -3.85. The van der Waals surface area contributed by atoms with E-state index in [1.54, 1.807) is 39.1 Å². The highest BCUT2D eigenvalue weighted by Gasteiger charge is 2.37. The summed E-state index contributed by atoms with van der Waals surface area (Å²) in [6.07, 6.45) is 19.3. The lowest BCUT2D eigenvalue weighted by atomic mass is 9.78. The van der Waals surface area contributed by atoms with E-state index >= 15 is 0 Å². The van der Waals surface area contributed by atoms with Gasteiger partial charge >= 0.3 is 5.97 Å². The maximum absolute atomic E-state index is 13.4. The van der Waals surface area contributed by atoms with Crippen LogP contribution >= 0.6 is 0 Å². The van der Waals surface area contributed by atoms with Crippen molar-refractivity contribution >= 4 is 29.5 Å². The number of allylic oxidation sites excluding steroid dienone is 2. The van der Waals surface area contributed by atoms with Gasteiger partial charge in [0.2, 0.25) is 17.7 Å². The average molecular weight is 902 g/mol. The fourth-order valence-corrected chi connectivity index (χ4v) is 8.94. The van der Waals surface area contributed by atoms with Crippen LogP contribution < -0.4 is 10.6 Å². The van der Waals surface area contributed by atoms with E-state index in [0.29, 0.717) is 23.1 Å². The molecule has 4 bridgehead atoms. The number of aliphatic carboxylic acids is 1. The monoisotopic (exact) mass is 902 g/mol. The summed E-state index contributed by atoms with van der Waals surface area (Å²) in [5, 5.41) is 69.7. The summed E-state index contributed by atoms with van der Waals surface area (Å²) in [4.78, 5) is 66.3. The highest BCUT2D eigenvalue weighted by molar-refractivity contribution is 5.87. The molecule has 1 heterocycles. The quantitative estimate of drug-likeness (QED) is 0.0416.